The van der Waals surface area contributed by atoms with E-state index in [2.05, 4.69) is 38.6 Å². The second-order valence-electron chi connectivity index (χ2n) is 9.60. The first-order valence-corrected chi connectivity index (χ1v) is 13.3. The molecule has 0 spiro atoms. The minimum absolute atomic E-state index is 0.0250. The molecule has 2 aliphatic rings. The smallest absolute Gasteiger partial charge is 0.238 e. The second-order valence-corrected chi connectivity index (χ2v) is 10.8. The van der Waals surface area contributed by atoms with Gasteiger partial charge in [-0.2, -0.15) is 5.10 Å². The van der Waals surface area contributed by atoms with E-state index >= 15 is 0 Å². The number of amides is 1. The molecule has 6 rings (SSSR count). The van der Waals surface area contributed by atoms with Gasteiger partial charge in [0.05, 0.1) is 42.1 Å². The van der Waals surface area contributed by atoms with Crippen LogP contribution in [0.4, 0.5) is 11.5 Å². The van der Waals surface area contributed by atoms with E-state index in [-0.39, 0.29) is 11.2 Å². The number of thioether (sulfide) groups is 1. The number of nitrogens with zero attached hydrogens (tertiary/aromatic N) is 5. The number of hydrogen-bond acceptors (Lipinski definition) is 8. The zero-order chi connectivity index (χ0) is 25.4. The Morgan fingerprint density at radius 2 is 2.03 bits per heavy atom. The van der Waals surface area contributed by atoms with Gasteiger partial charge in [0.25, 0.3) is 0 Å². The first kappa shape index (κ1) is 23.9. The van der Waals surface area contributed by atoms with Gasteiger partial charge >= 0.3 is 0 Å². The lowest BCUT2D eigenvalue weighted by atomic mass is 10.1. The third kappa shape index (κ3) is 4.92. The summed E-state index contributed by atoms with van der Waals surface area (Å²) in [5, 5.41) is 11.5. The van der Waals surface area contributed by atoms with Gasteiger partial charge in [0.2, 0.25) is 5.91 Å². The van der Waals surface area contributed by atoms with E-state index in [1.54, 1.807) is 0 Å². The number of benzene rings is 2. The minimum Gasteiger partial charge on any atom is -0.378 e. The van der Waals surface area contributed by atoms with Crippen molar-refractivity contribution in [3.05, 3.63) is 59.9 Å². The van der Waals surface area contributed by atoms with Crippen LogP contribution < -0.4 is 10.2 Å². The molecule has 10 heteroatoms. The molecule has 2 aromatic heterocycles. The molecule has 1 fully saturated rings. The topological polar surface area (TPSA) is 99.3 Å². The maximum absolute atomic E-state index is 12.3. The van der Waals surface area contributed by atoms with E-state index < -0.39 is 0 Å². The molecule has 9 nitrogen and oxygen atoms in total. The molecule has 4 heterocycles. The normalized spacial score (nSPS) is 17.4. The molecule has 2 N–H and O–H groups in total. The number of morpholine rings is 1. The Bertz CT molecular complexity index is 1450. The van der Waals surface area contributed by atoms with E-state index in [9.17, 15) is 4.79 Å². The summed E-state index contributed by atoms with van der Waals surface area (Å²) in [4.78, 5) is 27.8. The fourth-order valence-electron chi connectivity index (χ4n) is 4.87. The Kier molecular flexibility index (Phi) is 6.54. The highest BCUT2D eigenvalue weighted by Gasteiger charge is 2.32. The third-order valence-corrected chi connectivity index (χ3v) is 7.97. The number of aromatic amines is 1. The molecule has 1 unspecified atom stereocenters. The lowest BCUT2D eigenvalue weighted by Crippen LogP contribution is -2.37. The van der Waals surface area contributed by atoms with E-state index in [0.717, 1.165) is 69.5 Å². The highest BCUT2D eigenvalue weighted by Crippen LogP contribution is 2.50. The van der Waals surface area contributed by atoms with Crippen LogP contribution in [-0.2, 0) is 16.0 Å². The SMILES string of the molecule is CN(C)CC(=O)Nc1cccc(C2Cc3nc(-c4cccc5[nH]ncc45)nc(N4CCOCC4)c3S2)c1. The van der Waals surface area contributed by atoms with Gasteiger partial charge in [-0.3, -0.25) is 9.89 Å². The van der Waals surface area contributed by atoms with Crippen molar-refractivity contribution in [3.63, 3.8) is 0 Å². The van der Waals surface area contributed by atoms with Gasteiger partial charge in [0, 0.05) is 41.4 Å². The number of aromatic nitrogens is 4. The van der Waals surface area contributed by atoms with Crippen LogP contribution in [0.1, 0.15) is 16.5 Å². The number of ether oxygens (including phenoxy) is 1. The first-order chi connectivity index (χ1) is 18.0. The molecule has 0 saturated carbocycles. The van der Waals surface area contributed by atoms with Crippen LogP contribution in [0.5, 0.6) is 0 Å². The van der Waals surface area contributed by atoms with Crippen LogP contribution in [-0.4, -0.2) is 77.9 Å². The number of hydrogen-bond donors (Lipinski definition) is 2. The third-order valence-electron chi connectivity index (χ3n) is 6.60. The maximum atomic E-state index is 12.3. The lowest BCUT2D eigenvalue weighted by molar-refractivity contribution is -0.116. The highest BCUT2D eigenvalue weighted by atomic mass is 32.2. The van der Waals surface area contributed by atoms with E-state index in [0.29, 0.717) is 19.8 Å². The van der Waals surface area contributed by atoms with Crippen LogP contribution in [0, 0.1) is 0 Å². The van der Waals surface area contributed by atoms with Crippen molar-refractivity contribution in [1.29, 1.82) is 0 Å². The number of likely N-dealkylation sites (N-methyl/N-ethyl adjacent to an activating group) is 1. The maximum Gasteiger partial charge on any atom is 0.238 e. The number of carbonyl (C=O) groups excluding carboxylic acids is 1. The number of carbonyl (C=O) groups is 1. The predicted molar refractivity (Wildman–Crippen MR) is 146 cm³/mol. The van der Waals surface area contributed by atoms with Gasteiger partial charge in [-0.05, 0) is 37.9 Å². The summed E-state index contributed by atoms with van der Waals surface area (Å²) in [7, 11) is 3.77. The predicted octanol–water partition coefficient (Wildman–Crippen LogP) is 3.75. The van der Waals surface area contributed by atoms with Crippen molar-refractivity contribution in [3.8, 4) is 11.4 Å². The van der Waals surface area contributed by atoms with Gasteiger partial charge in [0.15, 0.2) is 5.82 Å². The van der Waals surface area contributed by atoms with Gasteiger partial charge in [-0.1, -0.05) is 24.3 Å². The summed E-state index contributed by atoms with van der Waals surface area (Å²) < 4.78 is 5.62. The number of H-pyrrole nitrogens is 1. The molecule has 0 bridgehead atoms. The van der Waals surface area contributed by atoms with Crippen LogP contribution in [0.25, 0.3) is 22.3 Å². The summed E-state index contributed by atoms with van der Waals surface area (Å²) in [6.07, 6.45) is 2.63. The number of rotatable bonds is 6. The minimum atomic E-state index is -0.0250. The van der Waals surface area contributed by atoms with Crippen molar-refractivity contribution < 1.29 is 9.53 Å². The number of anilines is 2. The molecule has 0 radical (unpaired) electrons. The van der Waals surface area contributed by atoms with E-state index in [4.69, 9.17) is 14.7 Å². The fourth-order valence-corrected chi connectivity index (χ4v) is 6.22. The summed E-state index contributed by atoms with van der Waals surface area (Å²) >= 11 is 1.81. The van der Waals surface area contributed by atoms with E-state index in [1.807, 2.05) is 61.2 Å². The average Bonchev–Trinajstić information content (AvgIpc) is 3.55. The van der Waals surface area contributed by atoms with Crippen LogP contribution in [0.2, 0.25) is 0 Å². The van der Waals surface area contributed by atoms with Gasteiger partial charge in [0.1, 0.15) is 5.82 Å². The van der Waals surface area contributed by atoms with Crippen LogP contribution in [0.3, 0.4) is 0 Å². The van der Waals surface area contributed by atoms with Gasteiger partial charge in [-0.25, -0.2) is 9.97 Å². The lowest BCUT2D eigenvalue weighted by Gasteiger charge is -2.29. The van der Waals surface area contributed by atoms with Crippen LogP contribution in [0.15, 0.2) is 53.6 Å². The molecule has 2 aromatic carbocycles. The fraction of sp³-hybridized carbons (Fsp3) is 0.333. The molecule has 0 aliphatic carbocycles. The van der Waals surface area contributed by atoms with Crippen molar-refractivity contribution in [2.24, 2.45) is 0 Å². The zero-order valence-electron chi connectivity index (χ0n) is 20.9. The standard InChI is InChI=1S/C27H29N7O2S/c1-33(2)16-24(35)29-18-6-3-5-17(13-18)23-14-22-25(37-23)27(34-9-11-36-12-10-34)31-26(30-22)19-7-4-8-21-20(19)15-28-32-21/h3-8,13,15,23H,9-12,14,16H2,1-2H3,(H,28,32)(H,29,35). The number of nitrogens with one attached hydrogen (secondary N) is 2. The average molecular weight is 516 g/mol. The Labute approximate surface area is 219 Å². The Morgan fingerprint density at radius 3 is 2.86 bits per heavy atom. The molecule has 4 aromatic rings. The number of fused-ring (bicyclic) bond motifs is 2. The molecule has 37 heavy (non-hydrogen) atoms. The highest BCUT2D eigenvalue weighted by molar-refractivity contribution is 8.00. The Hall–Kier alpha value is -3.47. The molecular weight excluding hydrogens is 486 g/mol. The first-order valence-electron chi connectivity index (χ1n) is 12.4. The molecular formula is C27H29N7O2S. The molecule has 1 saturated heterocycles. The summed E-state index contributed by atoms with van der Waals surface area (Å²) in [6, 6.07) is 14.2. The Balaban J connectivity index is 1.35. The monoisotopic (exact) mass is 515 g/mol. The Morgan fingerprint density at radius 1 is 1.19 bits per heavy atom. The molecule has 190 valence electrons. The molecule has 1 atom stereocenters. The zero-order valence-corrected chi connectivity index (χ0v) is 21.7. The molecule has 2 aliphatic heterocycles. The summed E-state index contributed by atoms with van der Waals surface area (Å²) in [5.41, 5.74) is 4.98. The van der Waals surface area contributed by atoms with Crippen LogP contribution >= 0.6 is 11.8 Å². The second kappa shape index (κ2) is 10.1. The van der Waals surface area contributed by atoms with Crippen molar-refractivity contribution in [2.75, 3.05) is 57.2 Å². The summed E-state index contributed by atoms with van der Waals surface area (Å²) in [6.45, 7) is 3.33. The van der Waals surface area contributed by atoms with Crippen molar-refractivity contribution >= 4 is 40.1 Å². The largest absolute Gasteiger partial charge is 0.378 e. The summed E-state index contributed by atoms with van der Waals surface area (Å²) in [5.74, 6) is 1.67. The van der Waals surface area contributed by atoms with Gasteiger partial charge < -0.3 is 19.9 Å². The van der Waals surface area contributed by atoms with Crippen molar-refractivity contribution in [1.82, 2.24) is 25.1 Å². The quantitative estimate of drug-likeness (QED) is 0.401. The van der Waals surface area contributed by atoms with Crippen molar-refractivity contribution in [2.45, 2.75) is 16.6 Å². The van der Waals surface area contributed by atoms with Gasteiger partial charge in [-0.15, -0.1) is 11.8 Å². The molecule has 1 amide bonds. The van der Waals surface area contributed by atoms with E-state index in [1.165, 1.54) is 0 Å².